The average molecular weight is 1060 g/mol. The first-order valence-corrected chi connectivity index (χ1v) is 25.8. The fourth-order valence-electron chi connectivity index (χ4n) is 9.75. The van der Waals surface area contributed by atoms with Gasteiger partial charge in [-0.2, -0.15) is 0 Å². The predicted octanol–water partition coefficient (Wildman–Crippen LogP) is 0.622. The van der Waals surface area contributed by atoms with Crippen LogP contribution in [0.2, 0.25) is 0 Å². The third-order valence-electron chi connectivity index (χ3n) is 14.0. The van der Waals surface area contributed by atoms with Crippen LogP contribution in [0.25, 0.3) is 0 Å². The second-order valence-electron chi connectivity index (χ2n) is 20.5. The number of aromatic nitrogens is 4. The maximum atomic E-state index is 13.5. The van der Waals surface area contributed by atoms with Gasteiger partial charge in [0.25, 0.3) is 45.9 Å². The summed E-state index contributed by atoms with van der Waals surface area (Å²) in [5.41, 5.74) is -3.99. The largest absolute Gasteiger partial charge is 0.425 e. The number of amides is 4. The first kappa shape index (κ1) is 59.6. The molecule has 4 atom stereocenters. The second kappa shape index (κ2) is 27.5. The van der Waals surface area contributed by atoms with E-state index in [1.807, 2.05) is 0 Å². The third kappa shape index (κ3) is 15.4. The molecule has 416 valence electrons. The van der Waals surface area contributed by atoms with Crippen molar-refractivity contribution in [1.82, 2.24) is 59.8 Å². The van der Waals surface area contributed by atoms with E-state index in [2.05, 4.69) is 96.3 Å². The van der Waals surface area contributed by atoms with Gasteiger partial charge in [-0.25, -0.2) is 0 Å². The molecule has 1 fully saturated rings. The van der Waals surface area contributed by atoms with Crippen molar-refractivity contribution in [3.05, 3.63) is 137 Å². The summed E-state index contributed by atoms with van der Waals surface area (Å²) in [7, 11) is 0. The van der Waals surface area contributed by atoms with Crippen LogP contribution in [-0.2, 0) is 0 Å². The lowest BCUT2D eigenvalue weighted by molar-refractivity contribution is -0.00588. The maximum absolute atomic E-state index is 13.5. The molecule has 4 aromatic rings. The smallest absolute Gasteiger partial charge is 0.283 e. The number of hydrogen-bond acceptors (Lipinski definition) is 16. The first-order valence-electron chi connectivity index (χ1n) is 25.8. The highest BCUT2D eigenvalue weighted by molar-refractivity contribution is 5.93. The van der Waals surface area contributed by atoms with E-state index in [-0.39, 0.29) is 96.8 Å². The van der Waals surface area contributed by atoms with Crippen LogP contribution in [0.4, 0.5) is 0 Å². The number of nitrogens with zero attached hydrogens (tertiary/aromatic N) is 8. The van der Waals surface area contributed by atoms with Crippen molar-refractivity contribution in [1.29, 1.82) is 0 Å². The van der Waals surface area contributed by atoms with Gasteiger partial charge >= 0.3 is 0 Å². The molecular formula is C52H76N12O12. The Labute approximate surface area is 441 Å². The molecule has 5 heterocycles. The van der Waals surface area contributed by atoms with Gasteiger partial charge in [-0.1, -0.05) is 79.7 Å². The molecule has 0 bridgehead atoms. The molecule has 0 radical (unpaired) electrons. The number of pyridine rings is 4. The molecule has 5 rings (SSSR count). The molecule has 24 heteroatoms. The van der Waals surface area contributed by atoms with Crippen LogP contribution in [0, 0.1) is 23.7 Å². The van der Waals surface area contributed by atoms with Gasteiger partial charge in [0.05, 0.1) is 0 Å². The van der Waals surface area contributed by atoms with E-state index in [9.17, 15) is 59.2 Å². The summed E-state index contributed by atoms with van der Waals surface area (Å²) in [6.07, 6.45) is 0. The van der Waals surface area contributed by atoms with Gasteiger partial charge in [-0.3, -0.25) is 58.0 Å². The van der Waals surface area contributed by atoms with Crippen LogP contribution in [0.5, 0.6) is 0 Å². The molecule has 0 saturated carbocycles. The number of carbonyl (C=O) groups excluding carboxylic acids is 4. The van der Waals surface area contributed by atoms with Crippen molar-refractivity contribution >= 4 is 23.6 Å². The van der Waals surface area contributed by atoms with Crippen LogP contribution in [0.1, 0.15) is 97.3 Å². The second-order valence-corrected chi connectivity index (χ2v) is 20.5. The standard InChI is InChI=1S/C52H76N12O12/c1-33(2)41-29-58(26-22-54-50(70)38-14-10-18-46(66)62(38)74)43(35(5)6)31-60(28-24-56-52(72)40-16-12-20-48(68)64(40)76)44(36(7)8)32-59(27-23-55-51(71)39-15-11-19-47(67)63(39)75)42(34(3)4)30-57(41)25-21-53-49(69)37-13-9-17-45(65)61(37)73/h9-20,33-36,41-44,73-76H,21-32H2,1-8H3,(H,53,69)(H,54,70)(H,55,71)(H,56,72)/t41-,42-,43-,44-/m1/s1. The Morgan fingerprint density at radius 2 is 0.566 bits per heavy atom. The lowest BCUT2D eigenvalue weighted by Crippen LogP contribution is -2.62. The summed E-state index contributed by atoms with van der Waals surface area (Å²) in [4.78, 5) is 112. The van der Waals surface area contributed by atoms with Crippen molar-refractivity contribution in [3.63, 3.8) is 0 Å². The molecule has 0 aliphatic carbocycles. The topological polar surface area (TPSA) is 298 Å². The maximum Gasteiger partial charge on any atom is 0.283 e. The lowest BCUT2D eigenvalue weighted by Gasteiger charge is -2.49. The van der Waals surface area contributed by atoms with Crippen LogP contribution in [0.3, 0.4) is 0 Å². The van der Waals surface area contributed by atoms with E-state index in [1.54, 1.807) is 0 Å². The van der Waals surface area contributed by atoms with Crippen LogP contribution < -0.4 is 43.5 Å². The Morgan fingerprint density at radius 3 is 0.737 bits per heavy atom. The zero-order valence-corrected chi connectivity index (χ0v) is 44.7. The van der Waals surface area contributed by atoms with Crippen molar-refractivity contribution in [3.8, 4) is 0 Å². The number of nitrogens with one attached hydrogen (secondary N) is 4. The number of hydrogen-bond donors (Lipinski definition) is 8. The van der Waals surface area contributed by atoms with Crippen molar-refractivity contribution in [2.75, 3.05) is 78.5 Å². The minimum Gasteiger partial charge on any atom is -0.425 e. The summed E-state index contributed by atoms with van der Waals surface area (Å²) < 4.78 is 1.18. The Hall–Kier alpha value is -7.28. The summed E-state index contributed by atoms with van der Waals surface area (Å²) in [5.74, 6) is -2.71. The SMILES string of the molecule is CC(C)[C@H]1CN(CCNC(=O)c2cccc(=O)n2O)[C@@H](C(C)C)CN(CCNC(=O)c2cccc(=O)n2O)[C@@H](C(C)C)CN(CCNC(=O)c2cccc(=O)n2O)[C@@H](C(C)C)CN1CCNC(=O)c1cccc(=O)n1O. The number of rotatable bonds is 20. The molecule has 4 aromatic heterocycles. The van der Waals surface area contributed by atoms with Crippen molar-refractivity contribution in [2.24, 2.45) is 23.7 Å². The van der Waals surface area contributed by atoms with Gasteiger partial charge in [-0.05, 0) is 47.9 Å². The van der Waals surface area contributed by atoms with Crippen molar-refractivity contribution < 1.29 is 40.0 Å². The fourth-order valence-corrected chi connectivity index (χ4v) is 9.75. The fraction of sp³-hybridized carbons (Fsp3) is 0.538. The summed E-state index contributed by atoms with van der Waals surface area (Å²) in [5, 5.41) is 53.2. The molecule has 24 nitrogen and oxygen atoms in total. The Morgan fingerprint density at radius 1 is 0.382 bits per heavy atom. The monoisotopic (exact) mass is 1060 g/mol. The van der Waals surface area contributed by atoms with Crippen LogP contribution in [-0.4, -0.2) is 186 Å². The Bertz CT molecular complexity index is 2480. The molecule has 0 spiro atoms. The van der Waals surface area contributed by atoms with E-state index in [4.69, 9.17) is 0 Å². The highest BCUT2D eigenvalue weighted by Crippen LogP contribution is 2.26. The molecule has 1 saturated heterocycles. The molecule has 0 unspecified atom stereocenters. The molecule has 76 heavy (non-hydrogen) atoms. The van der Waals surface area contributed by atoms with Gasteiger partial charge in [0.15, 0.2) is 0 Å². The van der Waals surface area contributed by atoms with Crippen LogP contribution in [0.15, 0.2) is 92.0 Å². The minimum absolute atomic E-state index is 0.0208. The van der Waals surface area contributed by atoms with E-state index >= 15 is 0 Å². The van der Waals surface area contributed by atoms with Gasteiger partial charge in [0, 0.05) is 127 Å². The molecule has 0 aromatic carbocycles. The van der Waals surface area contributed by atoms with Gasteiger partial charge in [0.1, 0.15) is 22.8 Å². The highest BCUT2D eigenvalue weighted by Gasteiger charge is 2.38. The zero-order valence-electron chi connectivity index (χ0n) is 44.7. The first-order chi connectivity index (χ1) is 36.0. The molecular weight excluding hydrogens is 985 g/mol. The van der Waals surface area contributed by atoms with E-state index in [0.29, 0.717) is 71.3 Å². The normalized spacial score (nSPS) is 18.6. The molecule has 1 aliphatic rings. The average Bonchev–Trinajstić information content (AvgIpc) is 3.36. The Balaban J connectivity index is 1.59. The predicted molar refractivity (Wildman–Crippen MR) is 282 cm³/mol. The van der Waals surface area contributed by atoms with E-state index in [0.717, 1.165) is 24.3 Å². The lowest BCUT2D eigenvalue weighted by atomic mass is 9.92. The van der Waals surface area contributed by atoms with Crippen molar-refractivity contribution in [2.45, 2.75) is 79.6 Å². The molecule has 1 aliphatic heterocycles. The highest BCUT2D eigenvalue weighted by atomic mass is 16.5. The van der Waals surface area contributed by atoms with Gasteiger partial charge in [0.2, 0.25) is 0 Å². The summed E-state index contributed by atoms with van der Waals surface area (Å²) in [6, 6.07) is 14.5. The molecule has 8 N–H and O–H groups in total. The summed E-state index contributed by atoms with van der Waals surface area (Å²) >= 11 is 0. The minimum atomic E-state index is -0.764. The quantitative estimate of drug-likeness (QED) is 0.0563. The Kier molecular flexibility index (Phi) is 21.6. The van der Waals surface area contributed by atoms with Gasteiger partial charge in [-0.15, -0.1) is 18.9 Å². The number of carbonyl (C=O) groups is 4. The third-order valence-corrected chi connectivity index (χ3v) is 14.0. The van der Waals surface area contributed by atoms with E-state index < -0.39 is 45.9 Å². The van der Waals surface area contributed by atoms with E-state index in [1.165, 1.54) is 48.5 Å². The summed E-state index contributed by atoms with van der Waals surface area (Å²) in [6.45, 7) is 20.2. The van der Waals surface area contributed by atoms with Gasteiger partial charge < -0.3 is 42.1 Å². The molecule has 4 amide bonds. The van der Waals surface area contributed by atoms with Crippen LogP contribution >= 0.6 is 0 Å². The zero-order chi connectivity index (χ0) is 56.0.